The topological polar surface area (TPSA) is 66.4 Å². The molecule has 7 nitrogen and oxygen atoms in total. The zero-order valence-corrected chi connectivity index (χ0v) is 23.6. The average Bonchev–Trinajstić information content (AvgIpc) is 3.57. The number of nitrogens with one attached hydrogen (secondary N) is 1. The molecule has 208 valence electrons. The van der Waals surface area contributed by atoms with Gasteiger partial charge in [0.15, 0.2) is 5.82 Å². The summed E-state index contributed by atoms with van der Waals surface area (Å²) in [6, 6.07) is 11.9. The van der Waals surface area contributed by atoms with Gasteiger partial charge in [0, 0.05) is 41.8 Å². The number of rotatable bonds is 6. The fourth-order valence-electron chi connectivity index (χ4n) is 7.03. The van der Waals surface area contributed by atoms with E-state index in [1.165, 1.54) is 12.8 Å². The number of fused-ring (bicyclic) bond motifs is 3. The Morgan fingerprint density at radius 2 is 1.93 bits per heavy atom. The molecule has 7 rings (SSSR count). The SMILES string of the molecule is CN(c1nc(OCC23CCCN2CCC3)nc2c(F)c(-c3cccc4cccc(Cl)c34)ncc12)C1CCCNC1. The van der Waals surface area contributed by atoms with E-state index in [0.717, 1.165) is 62.6 Å². The van der Waals surface area contributed by atoms with E-state index >= 15 is 4.39 Å². The third-order valence-corrected chi connectivity index (χ3v) is 9.50. The monoisotopic (exact) mass is 560 g/mol. The van der Waals surface area contributed by atoms with Gasteiger partial charge in [-0.15, -0.1) is 0 Å². The zero-order chi connectivity index (χ0) is 27.3. The molecule has 0 saturated carbocycles. The second-order valence-corrected chi connectivity index (χ2v) is 11.9. The highest BCUT2D eigenvalue weighted by Crippen LogP contribution is 2.40. The molecule has 2 aromatic carbocycles. The lowest BCUT2D eigenvalue weighted by Gasteiger charge is -2.33. The highest BCUT2D eigenvalue weighted by Gasteiger charge is 2.45. The van der Waals surface area contributed by atoms with Gasteiger partial charge in [-0.2, -0.15) is 9.97 Å². The second kappa shape index (κ2) is 10.4. The van der Waals surface area contributed by atoms with E-state index in [1.54, 1.807) is 6.20 Å². The maximum Gasteiger partial charge on any atom is 0.319 e. The molecule has 1 unspecified atom stereocenters. The number of halogens is 2. The summed E-state index contributed by atoms with van der Waals surface area (Å²) in [4.78, 5) is 18.9. The molecule has 0 bridgehead atoms. The molecule has 0 aliphatic carbocycles. The van der Waals surface area contributed by atoms with Crippen LogP contribution in [0.1, 0.15) is 38.5 Å². The minimum absolute atomic E-state index is 0.0410. The van der Waals surface area contributed by atoms with Gasteiger partial charge in [-0.05, 0) is 69.6 Å². The molecule has 2 aromatic heterocycles. The number of anilines is 1. The highest BCUT2D eigenvalue weighted by molar-refractivity contribution is 6.36. The van der Waals surface area contributed by atoms with Crippen LogP contribution in [0.2, 0.25) is 5.02 Å². The summed E-state index contributed by atoms with van der Waals surface area (Å²) >= 11 is 6.60. The molecule has 0 amide bonds. The third kappa shape index (κ3) is 4.37. The molecule has 3 fully saturated rings. The Morgan fingerprint density at radius 3 is 2.70 bits per heavy atom. The van der Waals surface area contributed by atoms with Crippen LogP contribution in [0.5, 0.6) is 6.01 Å². The normalized spacial score (nSPS) is 20.7. The van der Waals surface area contributed by atoms with Gasteiger partial charge in [0.05, 0.1) is 10.9 Å². The van der Waals surface area contributed by atoms with Crippen molar-refractivity contribution in [3.8, 4) is 17.3 Å². The van der Waals surface area contributed by atoms with Crippen molar-refractivity contribution >= 4 is 39.1 Å². The first kappa shape index (κ1) is 25.9. The average molecular weight is 561 g/mol. The van der Waals surface area contributed by atoms with Crippen molar-refractivity contribution < 1.29 is 9.13 Å². The molecule has 3 aliphatic heterocycles. The van der Waals surface area contributed by atoms with Crippen molar-refractivity contribution in [2.24, 2.45) is 0 Å². The van der Waals surface area contributed by atoms with Crippen LogP contribution in [-0.2, 0) is 0 Å². The minimum atomic E-state index is -0.491. The summed E-state index contributed by atoms with van der Waals surface area (Å²) in [6.07, 6.45) is 8.41. The first-order chi connectivity index (χ1) is 19.5. The fourth-order valence-corrected chi connectivity index (χ4v) is 7.32. The quantitative estimate of drug-likeness (QED) is 0.318. The van der Waals surface area contributed by atoms with Crippen LogP contribution >= 0.6 is 11.6 Å². The molecule has 1 atom stereocenters. The Morgan fingerprint density at radius 1 is 1.12 bits per heavy atom. The largest absolute Gasteiger partial charge is 0.461 e. The molecule has 9 heteroatoms. The first-order valence-electron chi connectivity index (χ1n) is 14.4. The predicted molar refractivity (Wildman–Crippen MR) is 158 cm³/mol. The van der Waals surface area contributed by atoms with E-state index in [-0.39, 0.29) is 28.8 Å². The summed E-state index contributed by atoms with van der Waals surface area (Å²) in [5, 5.41) is 6.32. The van der Waals surface area contributed by atoms with E-state index in [1.807, 2.05) is 43.4 Å². The van der Waals surface area contributed by atoms with E-state index in [4.69, 9.17) is 21.3 Å². The lowest BCUT2D eigenvalue weighted by Crippen LogP contribution is -2.45. The maximum atomic E-state index is 16.5. The Balaban J connectivity index is 1.35. The van der Waals surface area contributed by atoms with Gasteiger partial charge in [0.1, 0.15) is 23.6 Å². The Bertz CT molecular complexity index is 1560. The van der Waals surface area contributed by atoms with Gasteiger partial charge < -0.3 is 15.0 Å². The van der Waals surface area contributed by atoms with Gasteiger partial charge in [-0.25, -0.2) is 4.39 Å². The van der Waals surface area contributed by atoms with E-state index in [2.05, 4.69) is 25.1 Å². The molecule has 0 radical (unpaired) electrons. The van der Waals surface area contributed by atoms with Crippen LogP contribution in [0.15, 0.2) is 42.6 Å². The number of piperidine rings is 1. The molecule has 3 aliphatic rings. The Labute approximate surface area is 238 Å². The van der Waals surface area contributed by atoms with Crippen LogP contribution < -0.4 is 15.0 Å². The van der Waals surface area contributed by atoms with Crippen LogP contribution in [-0.4, -0.2) is 71.3 Å². The number of likely N-dealkylation sites (N-methyl/N-ethyl adjacent to an activating group) is 1. The third-order valence-electron chi connectivity index (χ3n) is 9.19. The highest BCUT2D eigenvalue weighted by atomic mass is 35.5. The molecular formula is C31H34ClFN6O. The van der Waals surface area contributed by atoms with Crippen molar-refractivity contribution in [2.75, 3.05) is 44.7 Å². The smallest absolute Gasteiger partial charge is 0.319 e. The van der Waals surface area contributed by atoms with Crippen LogP contribution in [0, 0.1) is 5.82 Å². The van der Waals surface area contributed by atoms with Gasteiger partial charge in [0.25, 0.3) is 0 Å². The summed E-state index contributed by atoms with van der Waals surface area (Å²) in [5.41, 5.74) is 1.12. The Hall–Kier alpha value is -3.07. The number of hydrogen-bond donors (Lipinski definition) is 1. The molecule has 5 heterocycles. The Kier molecular flexibility index (Phi) is 6.72. The molecule has 40 heavy (non-hydrogen) atoms. The minimum Gasteiger partial charge on any atom is -0.461 e. The van der Waals surface area contributed by atoms with E-state index in [9.17, 15) is 0 Å². The number of aromatic nitrogens is 3. The van der Waals surface area contributed by atoms with E-state index < -0.39 is 5.82 Å². The number of benzene rings is 2. The number of pyridine rings is 1. The zero-order valence-electron chi connectivity index (χ0n) is 22.8. The number of ether oxygens (including phenoxy) is 1. The summed E-state index contributed by atoms with van der Waals surface area (Å²) in [5.74, 6) is 0.157. The molecule has 1 N–H and O–H groups in total. The number of hydrogen-bond acceptors (Lipinski definition) is 7. The standard InChI is InChI=1S/C31H34ClFN6O/c1-38(21-9-4-14-34-17-21)29-23-18-35-27(22-10-2-7-20-8-3-11-24(32)25(20)22)26(33)28(23)36-30(37-29)40-19-31-12-5-15-39(31)16-6-13-31/h2-3,7-8,10-11,18,21,34H,4-6,9,12-17,19H2,1H3. The van der Waals surface area contributed by atoms with Crippen molar-refractivity contribution in [3.63, 3.8) is 0 Å². The fraction of sp³-hybridized carbons (Fsp3) is 0.452. The lowest BCUT2D eigenvalue weighted by atomic mass is 9.95. The molecule has 4 aromatic rings. The van der Waals surface area contributed by atoms with Crippen LogP contribution in [0.3, 0.4) is 0 Å². The van der Waals surface area contributed by atoms with Gasteiger partial charge >= 0.3 is 6.01 Å². The van der Waals surface area contributed by atoms with E-state index in [0.29, 0.717) is 28.4 Å². The summed E-state index contributed by atoms with van der Waals surface area (Å²) in [7, 11) is 2.02. The molecule has 3 saturated heterocycles. The van der Waals surface area contributed by atoms with Crippen molar-refractivity contribution in [1.82, 2.24) is 25.2 Å². The molecule has 0 spiro atoms. The van der Waals surface area contributed by atoms with Gasteiger partial charge in [0.2, 0.25) is 0 Å². The van der Waals surface area contributed by atoms with Crippen molar-refractivity contribution in [2.45, 2.75) is 50.1 Å². The maximum absolute atomic E-state index is 16.5. The first-order valence-corrected chi connectivity index (χ1v) is 14.8. The lowest BCUT2D eigenvalue weighted by molar-refractivity contribution is 0.108. The van der Waals surface area contributed by atoms with Crippen LogP contribution in [0.25, 0.3) is 32.9 Å². The van der Waals surface area contributed by atoms with Crippen molar-refractivity contribution in [1.29, 1.82) is 0 Å². The van der Waals surface area contributed by atoms with Gasteiger partial charge in [-0.1, -0.05) is 41.9 Å². The van der Waals surface area contributed by atoms with Crippen molar-refractivity contribution in [3.05, 3.63) is 53.4 Å². The summed E-state index contributed by atoms with van der Waals surface area (Å²) < 4.78 is 22.9. The van der Waals surface area contributed by atoms with Gasteiger partial charge in [-0.3, -0.25) is 9.88 Å². The predicted octanol–water partition coefficient (Wildman–Crippen LogP) is 5.83. The van der Waals surface area contributed by atoms with Crippen LogP contribution in [0.4, 0.5) is 10.2 Å². The molecular weight excluding hydrogens is 527 g/mol. The number of nitrogens with zero attached hydrogens (tertiary/aromatic N) is 5. The second-order valence-electron chi connectivity index (χ2n) is 11.5. The summed E-state index contributed by atoms with van der Waals surface area (Å²) in [6.45, 7) is 4.60.